The van der Waals surface area contributed by atoms with Crippen LogP contribution in [0.5, 0.6) is 0 Å². The Kier molecular flexibility index (Phi) is 4.33. The summed E-state index contributed by atoms with van der Waals surface area (Å²) in [6.45, 7) is 6.10. The van der Waals surface area contributed by atoms with Gasteiger partial charge >= 0.3 is 5.97 Å². The second-order valence-corrected chi connectivity index (χ2v) is 5.35. The summed E-state index contributed by atoms with van der Waals surface area (Å²) in [4.78, 5) is 13.4. The number of nitrogens with zero attached hydrogens (tertiary/aromatic N) is 1. The van der Waals surface area contributed by atoms with E-state index in [0.717, 1.165) is 25.9 Å². The van der Waals surface area contributed by atoms with Gasteiger partial charge in [0.2, 0.25) is 0 Å². The summed E-state index contributed by atoms with van der Waals surface area (Å²) < 4.78 is 5.14. The third-order valence-corrected chi connectivity index (χ3v) is 3.91. The third-order valence-electron chi connectivity index (χ3n) is 3.91. The molecule has 1 aliphatic heterocycles. The summed E-state index contributed by atoms with van der Waals surface area (Å²) in [5.74, 6) is -0.434. The van der Waals surface area contributed by atoms with Crippen LogP contribution in [0.3, 0.4) is 0 Å². The molecule has 1 aliphatic rings. The highest BCUT2D eigenvalue weighted by molar-refractivity contribution is 5.73. The Morgan fingerprint density at radius 1 is 1.44 bits per heavy atom. The average Bonchev–Trinajstić information content (AvgIpc) is 2.18. The van der Waals surface area contributed by atoms with Gasteiger partial charge in [-0.05, 0) is 38.9 Å². The fourth-order valence-electron chi connectivity index (χ4n) is 2.69. The zero-order valence-corrected chi connectivity index (χ0v) is 10.7. The van der Waals surface area contributed by atoms with Crippen molar-refractivity contribution >= 4 is 5.97 Å². The van der Waals surface area contributed by atoms with E-state index in [1.165, 1.54) is 7.11 Å². The molecule has 4 nitrogen and oxygen atoms in total. The van der Waals surface area contributed by atoms with Crippen molar-refractivity contribution in [1.29, 1.82) is 0 Å². The number of rotatable bonds is 4. The molecule has 1 N–H and O–H groups in total. The number of aliphatic carboxylic acids is 1. The molecule has 0 aromatic rings. The standard InChI is InChI=1S/C12H23NO3/c1-12(2,10(16-4)11(14)15)9-5-7-13(3)8-6-9/h9-10H,5-8H2,1-4H3,(H,14,15). The Balaban J connectivity index is 2.71. The van der Waals surface area contributed by atoms with Crippen molar-refractivity contribution in [3.63, 3.8) is 0 Å². The number of hydrogen-bond donors (Lipinski definition) is 1. The minimum absolute atomic E-state index is 0.304. The summed E-state index contributed by atoms with van der Waals surface area (Å²) in [7, 11) is 3.59. The number of hydrogen-bond acceptors (Lipinski definition) is 3. The SMILES string of the molecule is COC(C(=O)O)C(C)(C)C1CCN(C)CC1. The van der Waals surface area contributed by atoms with Crippen LogP contribution >= 0.6 is 0 Å². The summed E-state index contributed by atoms with van der Waals surface area (Å²) >= 11 is 0. The van der Waals surface area contributed by atoms with Crippen molar-refractivity contribution in [2.24, 2.45) is 11.3 Å². The van der Waals surface area contributed by atoms with Gasteiger partial charge in [0.05, 0.1) is 0 Å². The van der Waals surface area contributed by atoms with E-state index >= 15 is 0 Å². The monoisotopic (exact) mass is 229 g/mol. The van der Waals surface area contributed by atoms with Crippen LogP contribution in [-0.4, -0.2) is 49.3 Å². The van der Waals surface area contributed by atoms with Crippen molar-refractivity contribution in [3.05, 3.63) is 0 Å². The Labute approximate surface area is 97.6 Å². The Bertz CT molecular complexity index is 245. The highest BCUT2D eigenvalue weighted by atomic mass is 16.5. The van der Waals surface area contributed by atoms with Crippen molar-refractivity contribution in [3.8, 4) is 0 Å². The normalized spacial score (nSPS) is 22.0. The molecule has 1 fully saturated rings. The smallest absolute Gasteiger partial charge is 0.333 e. The maximum absolute atomic E-state index is 11.1. The van der Waals surface area contributed by atoms with E-state index in [2.05, 4.69) is 11.9 Å². The molecule has 0 aromatic heterocycles. The van der Waals surface area contributed by atoms with E-state index in [4.69, 9.17) is 9.84 Å². The molecule has 94 valence electrons. The maximum Gasteiger partial charge on any atom is 0.333 e. The van der Waals surface area contributed by atoms with Crippen LogP contribution in [0, 0.1) is 11.3 Å². The van der Waals surface area contributed by atoms with Gasteiger partial charge in [-0.1, -0.05) is 13.8 Å². The quantitative estimate of drug-likeness (QED) is 0.793. The number of carboxylic acid groups (broad SMARTS) is 1. The molecule has 0 radical (unpaired) electrons. The fraction of sp³-hybridized carbons (Fsp3) is 0.917. The van der Waals surface area contributed by atoms with Gasteiger partial charge in [-0.25, -0.2) is 4.79 Å². The molecule has 0 amide bonds. The number of ether oxygens (including phenoxy) is 1. The van der Waals surface area contributed by atoms with E-state index in [9.17, 15) is 4.79 Å². The summed E-state index contributed by atoms with van der Waals surface area (Å²) in [6, 6.07) is 0. The number of piperidine rings is 1. The van der Waals surface area contributed by atoms with Gasteiger partial charge in [0.1, 0.15) is 0 Å². The molecule has 0 aliphatic carbocycles. The van der Waals surface area contributed by atoms with Crippen LogP contribution in [0.2, 0.25) is 0 Å². The predicted octanol–water partition coefficient (Wildman–Crippen LogP) is 1.45. The molecule has 16 heavy (non-hydrogen) atoms. The van der Waals surface area contributed by atoms with Gasteiger partial charge in [0, 0.05) is 12.5 Å². The van der Waals surface area contributed by atoms with Crippen LogP contribution in [0.15, 0.2) is 0 Å². The average molecular weight is 229 g/mol. The number of carboxylic acids is 1. The minimum Gasteiger partial charge on any atom is -0.479 e. The molecule has 1 rings (SSSR count). The van der Waals surface area contributed by atoms with E-state index in [1.54, 1.807) is 0 Å². The Morgan fingerprint density at radius 2 is 1.94 bits per heavy atom. The highest BCUT2D eigenvalue weighted by Gasteiger charge is 2.42. The molecule has 0 saturated carbocycles. The van der Waals surface area contributed by atoms with Crippen molar-refractivity contribution in [2.75, 3.05) is 27.2 Å². The first kappa shape index (κ1) is 13.5. The fourth-order valence-corrected chi connectivity index (χ4v) is 2.69. The molecule has 0 aromatic carbocycles. The van der Waals surface area contributed by atoms with Gasteiger partial charge < -0.3 is 14.7 Å². The topological polar surface area (TPSA) is 49.8 Å². The molecule has 4 heteroatoms. The number of carbonyl (C=O) groups is 1. The third kappa shape index (κ3) is 2.74. The van der Waals surface area contributed by atoms with Crippen LogP contribution < -0.4 is 0 Å². The van der Waals surface area contributed by atoms with Crippen molar-refractivity contribution in [2.45, 2.75) is 32.8 Å². The van der Waals surface area contributed by atoms with Crippen LogP contribution in [0.4, 0.5) is 0 Å². The van der Waals surface area contributed by atoms with Gasteiger partial charge in [-0.15, -0.1) is 0 Å². The summed E-state index contributed by atoms with van der Waals surface area (Å²) in [5.41, 5.74) is -0.304. The first-order valence-electron chi connectivity index (χ1n) is 5.83. The van der Waals surface area contributed by atoms with Crippen LogP contribution in [0.1, 0.15) is 26.7 Å². The van der Waals surface area contributed by atoms with Gasteiger partial charge in [0.25, 0.3) is 0 Å². The Hall–Kier alpha value is -0.610. The van der Waals surface area contributed by atoms with Crippen LogP contribution in [-0.2, 0) is 9.53 Å². The predicted molar refractivity (Wildman–Crippen MR) is 62.4 cm³/mol. The molecule has 1 saturated heterocycles. The van der Waals surface area contributed by atoms with Crippen molar-refractivity contribution < 1.29 is 14.6 Å². The zero-order valence-electron chi connectivity index (χ0n) is 10.7. The molecular weight excluding hydrogens is 206 g/mol. The number of methoxy groups -OCH3 is 1. The van der Waals surface area contributed by atoms with Crippen LogP contribution in [0.25, 0.3) is 0 Å². The van der Waals surface area contributed by atoms with E-state index < -0.39 is 12.1 Å². The Morgan fingerprint density at radius 3 is 2.31 bits per heavy atom. The lowest BCUT2D eigenvalue weighted by Gasteiger charge is -2.42. The summed E-state index contributed by atoms with van der Waals surface area (Å²) in [6.07, 6.45) is 1.40. The molecule has 1 unspecified atom stereocenters. The highest BCUT2D eigenvalue weighted by Crippen LogP contribution is 2.38. The lowest BCUT2D eigenvalue weighted by Crippen LogP contribution is -2.46. The first-order valence-corrected chi connectivity index (χ1v) is 5.83. The number of likely N-dealkylation sites (tertiary alicyclic amines) is 1. The van der Waals surface area contributed by atoms with E-state index in [1.807, 2.05) is 13.8 Å². The molecule has 0 bridgehead atoms. The lowest BCUT2D eigenvalue weighted by molar-refractivity contribution is -0.160. The van der Waals surface area contributed by atoms with Crippen molar-refractivity contribution in [1.82, 2.24) is 4.90 Å². The zero-order chi connectivity index (χ0) is 12.3. The molecular formula is C12H23NO3. The first-order chi connectivity index (χ1) is 7.39. The van der Waals surface area contributed by atoms with Gasteiger partial charge in [-0.3, -0.25) is 0 Å². The summed E-state index contributed by atoms with van der Waals surface area (Å²) in [5, 5.41) is 9.16. The van der Waals surface area contributed by atoms with Gasteiger partial charge in [0.15, 0.2) is 6.10 Å². The minimum atomic E-state index is -0.855. The molecule has 1 atom stereocenters. The maximum atomic E-state index is 11.1. The molecule has 0 spiro atoms. The largest absolute Gasteiger partial charge is 0.479 e. The van der Waals surface area contributed by atoms with E-state index in [-0.39, 0.29) is 5.41 Å². The molecule has 1 heterocycles. The lowest BCUT2D eigenvalue weighted by atomic mass is 9.70. The van der Waals surface area contributed by atoms with E-state index in [0.29, 0.717) is 5.92 Å². The second-order valence-electron chi connectivity index (χ2n) is 5.35. The second kappa shape index (κ2) is 5.15. The van der Waals surface area contributed by atoms with Gasteiger partial charge in [-0.2, -0.15) is 0 Å².